The molecule has 0 aliphatic heterocycles. The van der Waals surface area contributed by atoms with Gasteiger partial charge in [0, 0.05) is 11.4 Å². The van der Waals surface area contributed by atoms with Crippen molar-refractivity contribution in [3.8, 4) is 6.07 Å². The Hall–Kier alpha value is -3.00. The highest BCUT2D eigenvalue weighted by atomic mass is 16.5. The number of hydrogen-bond donors (Lipinski definition) is 2. The highest BCUT2D eigenvalue weighted by molar-refractivity contribution is 5.81. The second-order valence-electron chi connectivity index (χ2n) is 4.43. The summed E-state index contributed by atoms with van der Waals surface area (Å²) >= 11 is 0. The van der Waals surface area contributed by atoms with Crippen LogP contribution in [0.4, 0.5) is 11.4 Å². The zero-order chi connectivity index (χ0) is 15.2. The maximum Gasteiger partial charge on any atom is 0.332 e. The molecule has 21 heavy (non-hydrogen) atoms. The number of carbonyl (C=O) groups is 1. The van der Waals surface area contributed by atoms with Gasteiger partial charge in [-0.05, 0) is 23.8 Å². The summed E-state index contributed by atoms with van der Waals surface area (Å²) in [7, 11) is 1.34. The number of hydrogen-bond acceptors (Lipinski definition) is 5. The van der Waals surface area contributed by atoms with E-state index in [-0.39, 0.29) is 0 Å². The molecular weight excluding hydrogens is 266 g/mol. The number of nitrogens with two attached hydrogens (primary N) is 1. The minimum Gasteiger partial charge on any atom is -0.467 e. The molecule has 3 N–H and O–H groups in total. The highest BCUT2D eigenvalue weighted by Gasteiger charge is 2.21. The average Bonchev–Trinajstić information content (AvgIpc) is 2.54. The Labute approximate surface area is 123 Å². The lowest BCUT2D eigenvalue weighted by molar-refractivity contribution is -0.141. The van der Waals surface area contributed by atoms with Crippen molar-refractivity contribution >= 4 is 17.3 Å². The molecule has 5 nitrogen and oxygen atoms in total. The molecule has 0 saturated heterocycles. The summed E-state index contributed by atoms with van der Waals surface area (Å²) < 4.78 is 4.83. The van der Waals surface area contributed by atoms with Crippen molar-refractivity contribution in [1.29, 1.82) is 5.26 Å². The van der Waals surface area contributed by atoms with Crippen LogP contribution in [0.15, 0.2) is 48.5 Å². The molecule has 0 aromatic heterocycles. The molecule has 0 bridgehead atoms. The predicted octanol–water partition coefficient (Wildman–Crippen LogP) is 2.47. The van der Waals surface area contributed by atoms with Gasteiger partial charge >= 0.3 is 5.97 Å². The van der Waals surface area contributed by atoms with Gasteiger partial charge in [-0.2, -0.15) is 5.26 Å². The topological polar surface area (TPSA) is 88.1 Å². The van der Waals surface area contributed by atoms with Crippen LogP contribution in [0.5, 0.6) is 0 Å². The second-order valence-corrected chi connectivity index (χ2v) is 4.43. The third kappa shape index (κ3) is 3.31. The smallest absolute Gasteiger partial charge is 0.332 e. The molecule has 0 heterocycles. The predicted molar refractivity (Wildman–Crippen MR) is 80.4 cm³/mol. The van der Waals surface area contributed by atoms with Crippen LogP contribution in [0.3, 0.4) is 0 Å². The van der Waals surface area contributed by atoms with E-state index >= 15 is 0 Å². The average molecular weight is 281 g/mol. The third-order valence-corrected chi connectivity index (χ3v) is 3.05. The van der Waals surface area contributed by atoms with Crippen LogP contribution in [0.25, 0.3) is 0 Å². The fraction of sp³-hybridized carbons (Fsp3) is 0.125. The Morgan fingerprint density at radius 3 is 2.62 bits per heavy atom. The number of anilines is 2. The molecule has 0 aliphatic rings. The van der Waals surface area contributed by atoms with Crippen LogP contribution in [0, 0.1) is 11.3 Å². The van der Waals surface area contributed by atoms with Crippen molar-refractivity contribution in [3.63, 3.8) is 0 Å². The first kappa shape index (κ1) is 14.4. The van der Waals surface area contributed by atoms with Crippen LogP contribution in [-0.2, 0) is 9.53 Å². The van der Waals surface area contributed by atoms with E-state index in [1.165, 1.54) is 7.11 Å². The number of nitrogen functional groups attached to an aromatic ring is 1. The van der Waals surface area contributed by atoms with Crippen molar-refractivity contribution in [1.82, 2.24) is 0 Å². The minimum atomic E-state index is -0.647. The third-order valence-electron chi connectivity index (χ3n) is 3.05. The van der Waals surface area contributed by atoms with Crippen molar-refractivity contribution in [2.45, 2.75) is 6.04 Å². The summed E-state index contributed by atoms with van der Waals surface area (Å²) in [6, 6.07) is 15.5. The zero-order valence-electron chi connectivity index (χ0n) is 11.5. The number of esters is 1. The largest absolute Gasteiger partial charge is 0.467 e. The fourth-order valence-corrected chi connectivity index (χ4v) is 1.95. The second kappa shape index (κ2) is 6.44. The van der Waals surface area contributed by atoms with Crippen LogP contribution in [0.2, 0.25) is 0 Å². The number of ether oxygens (including phenoxy) is 1. The van der Waals surface area contributed by atoms with Gasteiger partial charge in [-0.3, -0.25) is 0 Å². The van der Waals surface area contributed by atoms with E-state index in [0.29, 0.717) is 16.9 Å². The van der Waals surface area contributed by atoms with E-state index in [1.807, 2.05) is 36.4 Å². The van der Waals surface area contributed by atoms with E-state index in [4.69, 9.17) is 15.7 Å². The number of carbonyl (C=O) groups excluding carboxylic acids is 1. The van der Waals surface area contributed by atoms with E-state index in [2.05, 4.69) is 5.32 Å². The first-order valence-corrected chi connectivity index (χ1v) is 6.34. The number of nitrogens with one attached hydrogen (secondary N) is 1. The van der Waals surface area contributed by atoms with Crippen molar-refractivity contribution < 1.29 is 9.53 Å². The summed E-state index contributed by atoms with van der Waals surface area (Å²) in [5.74, 6) is -0.406. The lowest BCUT2D eigenvalue weighted by Gasteiger charge is -2.18. The van der Waals surface area contributed by atoms with Gasteiger partial charge in [0.2, 0.25) is 0 Å². The fourth-order valence-electron chi connectivity index (χ4n) is 1.95. The first-order valence-electron chi connectivity index (χ1n) is 6.34. The summed E-state index contributed by atoms with van der Waals surface area (Å²) in [6.07, 6.45) is 0. The molecule has 1 atom stereocenters. The Bertz CT molecular complexity index is 678. The van der Waals surface area contributed by atoms with Gasteiger partial charge in [-0.1, -0.05) is 30.3 Å². The number of nitriles is 1. The molecule has 5 heteroatoms. The molecule has 0 spiro atoms. The van der Waals surface area contributed by atoms with Gasteiger partial charge in [0.15, 0.2) is 6.04 Å². The normalized spacial score (nSPS) is 11.2. The molecule has 0 radical (unpaired) electrons. The lowest BCUT2D eigenvalue weighted by atomic mass is 10.1. The van der Waals surface area contributed by atoms with E-state index in [0.717, 1.165) is 5.56 Å². The molecule has 2 rings (SSSR count). The van der Waals surface area contributed by atoms with Crippen LogP contribution in [0.1, 0.15) is 17.2 Å². The van der Waals surface area contributed by atoms with Gasteiger partial charge in [-0.15, -0.1) is 0 Å². The molecule has 0 amide bonds. The Morgan fingerprint density at radius 1 is 1.29 bits per heavy atom. The summed E-state index contributed by atoms with van der Waals surface area (Å²) in [5, 5.41) is 12.1. The zero-order valence-corrected chi connectivity index (χ0v) is 11.5. The minimum absolute atomic E-state index is 0.358. The number of rotatable bonds is 4. The van der Waals surface area contributed by atoms with Gasteiger partial charge < -0.3 is 15.8 Å². The van der Waals surface area contributed by atoms with Crippen LogP contribution < -0.4 is 11.1 Å². The van der Waals surface area contributed by atoms with E-state index in [1.54, 1.807) is 18.2 Å². The summed E-state index contributed by atoms with van der Waals surface area (Å²) in [6.45, 7) is 0. The summed E-state index contributed by atoms with van der Waals surface area (Å²) in [5.41, 5.74) is 7.85. The standard InChI is InChI=1S/C16H15N3O2/c1-21-16(20)15(11-5-3-2-4-6-11)19-13-7-8-14(18)12(9-13)10-17/h2-9,15,19H,18H2,1H3. The van der Waals surface area contributed by atoms with E-state index in [9.17, 15) is 4.79 Å². The van der Waals surface area contributed by atoms with Gasteiger partial charge in [0.1, 0.15) is 6.07 Å². The quantitative estimate of drug-likeness (QED) is 0.664. The molecular formula is C16H15N3O2. The first-order chi connectivity index (χ1) is 10.2. The number of methoxy groups -OCH3 is 1. The molecule has 1 unspecified atom stereocenters. The van der Waals surface area contributed by atoms with Gasteiger partial charge in [0.25, 0.3) is 0 Å². The van der Waals surface area contributed by atoms with Crippen LogP contribution in [-0.4, -0.2) is 13.1 Å². The number of benzene rings is 2. The van der Waals surface area contributed by atoms with Crippen molar-refractivity contribution in [2.24, 2.45) is 0 Å². The van der Waals surface area contributed by atoms with E-state index < -0.39 is 12.0 Å². The Kier molecular flexibility index (Phi) is 4.42. The molecule has 106 valence electrons. The van der Waals surface area contributed by atoms with Crippen molar-refractivity contribution in [2.75, 3.05) is 18.2 Å². The molecule has 0 aliphatic carbocycles. The summed E-state index contributed by atoms with van der Waals surface area (Å²) in [4.78, 5) is 12.0. The lowest BCUT2D eigenvalue weighted by Crippen LogP contribution is -2.22. The SMILES string of the molecule is COC(=O)C(Nc1ccc(N)c(C#N)c1)c1ccccc1. The Balaban J connectivity index is 2.32. The molecule has 0 saturated carbocycles. The maximum atomic E-state index is 12.0. The molecule has 2 aromatic rings. The van der Waals surface area contributed by atoms with Gasteiger partial charge in [0.05, 0.1) is 12.7 Å². The maximum absolute atomic E-state index is 12.0. The highest BCUT2D eigenvalue weighted by Crippen LogP contribution is 2.23. The Morgan fingerprint density at radius 2 is 2.00 bits per heavy atom. The van der Waals surface area contributed by atoms with Crippen LogP contribution >= 0.6 is 0 Å². The molecule has 0 fully saturated rings. The molecule has 2 aromatic carbocycles. The van der Waals surface area contributed by atoms with Gasteiger partial charge in [-0.25, -0.2) is 4.79 Å². The number of nitrogens with zero attached hydrogens (tertiary/aromatic N) is 1. The monoisotopic (exact) mass is 281 g/mol. The van der Waals surface area contributed by atoms with Crippen molar-refractivity contribution in [3.05, 3.63) is 59.7 Å².